The molecular weight excluding hydrogens is 356 g/mol. The van der Waals surface area contributed by atoms with Gasteiger partial charge < -0.3 is 19.3 Å². The fourth-order valence-electron chi connectivity index (χ4n) is 3.04. The van der Waals surface area contributed by atoms with E-state index in [4.69, 9.17) is 9.47 Å². The summed E-state index contributed by atoms with van der Waals surface area (Å²) in [6.07, 6.45) is 5.29. The summed E-state index contributed by atoms with van der Waals surface area (Å²) < 4.78 is 11.6. The number of rotatable bonds is 8. The molecule has 1 aromatic heterocycles. The van der Waals surface area contributed by atoms with E-state index >= 15 is 0 Å². The molecule has 0 N–H and O–H groups in total. The molecule has 1 aliphatic rings. The van der Waals surface area contributed by atoms with Crippen LogP contribution in [-0.4, -0.2) is 60.2 Å². The molecule has 1 aliphatic heterocycles. The number of carbonyl (C=O) groups is 1. The van der Waals surface area contributed by atoms with Gasteiger partial charge in [-0.15, -0.1) is 0 Å². The minimum atomic E-state index is 0.0111. The topological polar surface area (TPSA) is 67.8 Å². The zero-order valence-corrected chi connectivity index (χ0v) is 16.6. The minimum Gasteiger partial charge on any atom is -0.490 e. The van der Waals surface area contributed by atoms with Crippen molar-refractivity contribution < 1.29 is 14.3 Å². The maximum absolute atomic E-state index is 13.0. The Bertz CT molecular complexity index is 762. The van der Waals surface area contributed by atoms with E-state index in [-0.39, 0.29) is 5.91 Å². The Balaban J connectivity index is 1.66. The monoisotopic (exact) mass is 384 g/mol. The molecule has 7 nitrogen and oxygen atoms in total. The summed E-state index contributed by atoms with van der Waals surface area (Å²) in [5.41, 5.74) is 0.624. The minimum absolute atomic E-state index is 0.0111. The number of benzene rings is 1. The quantitative estimate of drug-likeness (QED) is 0.697. The van der Waals surface area contributed by atoms with Gasteiger partial charge in [-0.2, -0.15) is 0 Å². The lowest BCUT2D eigenvalue weighted by Gasteiger charge is -2.34. The first kappa shape index (κ1) is 19.9. The van der Waals surface area contributed by atoms with Crippen LogP contribution in [0.1, 0.15) is 37.0 Å². The molecule has 3 rings (SSSR count). The van der Waals surface area contributed by atoms with Gasteiger partial charge in [0.25, 0.3) is 5.91 Å². The van der Waals surface area contributed by atoms with Gasteiger partial charge in [0.2, 0.25) is 5.95 Å². The highest BCUT2D eigenvalue weighted by molar-refractivity contribution is 5.95. The van der Waals surface area contributed by atoms with E-state index in [1.165, 1.54) is 0 Å². The molecular formula is C21H28N4O3. The van der Waals surface area contributed by atoms with Crippen LogP contribution < -0.4 is 14.4 Å². The standard InChI is InChI=1S/C21H28N4O3/c1-3-14-27-18-7-6-17(16-19(18)28-15-4-2)20(26)24-10-12-25(13-11-24)21-22-8-5-9-23-21/h5-9,16H,3-4,10-15H2,1-2H3. The zero-order chi connectivity index (χ0) is 19.8. The average molecular weight is 384 g/mol. The molecule has 28 heavy (non-hydrogen) atoms. The number of piperazine rings is 1. The zero-order valence-electron chi connectivity index (χ0n) is 16.6. The molecule has 7 heteroatoms. The lowest BCUT2D eigenvalue weighted by Crippen LogP contribution is -2.49. The summed E-state index contributed by atoms with van der Waals surface area (Å²) >= 11 is 0. The first-order valence-electron chi connectivity index (χ1n) is 9.93. The Hall–Kier alpha value is -2.83. The Morgan fingerprint density at radius 2 is 1.61 bits per heavy atom. The largest absolute Gasteiger partial charge is 0.490 e. The van der Waals surface area contributed by atoms with Gasteiger partial charge in [0, 0.05) is 44.1 Å². The number of carbonyl (C=O) groups excluding carboxylic acids is 1. The number of nitrogens with zero attached hydrogens (tertiary/aromatic N) is 4. The number of ether oxygens (including phenoxy) is 2. The van der Waals surface area contributed by atoms with Gasteiger partial charge in [0.15, 0.2) is 11.5 Å². The van der Waals surface area contributed by atoms with E-state index in [9.17, 15) is 4.79 Å². The molecule has 0 spiro atoms. The number of amides is 1. The van der Waals surface area contributed by atoms with Gasteiger partial charge in [-0.3, -0.25) is 4.79 Å². The fraction of sp³-hybridized carbons (Fsp3) is 0.476. The van der Waals surface area contributed by atoms with Crippen molar-refractivity contribution in [2.24, 2.45) is 0 Å². The van der Waals surface area contributed by atoms with Crippen LogP contribution in [0.4, 0.5) is 5.95 Å². The van der Waals surface area contributed by atoms with Crippen LogP contribution in [0.2, 0.25) is 0 Å². The molecule has 0 radical (unpaired) electrons. The maximum Gasteiger partial charge on any atom is 0.254 e. The van der Waals surface area contributed by atoms with Crippen LogP contribution in [-0.2, 0) is 0 Å². The predicted octanol–water partition coefficient (Wildman–Crippen LogP) is 3.02. The van der Waals surface area contributed by atoms with Crippen molar-refractivity contribution >= 4 is 11.9 Å². The van der Waals surface area contributed by atoms with E-state index in [1.807, 2.05) is 17.0 Å². The third-order valence-corrected chi connectivity index (χ3v) is 4.52. The highest BCUT2D eigenvalue weighted by atomic mass is 16.5. The Morgan fingerprint density at radius 1 is 0.964 bits per heavy atom. The first-order valence-corrected chi connectivity index (χ1v) is 9.93. The summed E-state index contributed by atoms with van der Waals surface area (Å²) in [6.45, 7) is 8.03. The summed E-state index contributed by atoms with van der Waals surface area (Å²) in [5, 5.41) is 0. The highest BCUT2D eigenvalue weighted by Gasteiger charge is 2.24. The smallest absolute Gasteiger partial charge is 0.254 e. The first-order chi connectivity index (χ1) is 13.7. The van der Waals surface area contributed by atoms with Crippen molar-refractivity contribution in [2.75, 3.05) is 44.3 Å². The van der Waals surface area contributed by atoms with Crippen LogP contribution in [0.25, 0.3) is 0 Å². The summed E-state index contributed by atoms with van der Waals surface area (Å²) in [7, 11) is 0. The molecule has 0 aliphatic carbocycles. The second kappa shape index (κ2) is 9.92. The van der Waals surface area contributed by atoms with E-state index in [0.29, 0.717) is 62.4 Å². The van der Waals surface area contributed by atoms with Crippen LogP contribution >= 0.6 is 0 Å². The van der Waals surface area contributed by atoms with Gasteiger partial charge in [0.05, 0.1) is 13.2 Å². The number of hydrogen-bond acceptors (Lipinski definition) is 6. The molecule has 1 aromatic carbocycles. The number of anilines is 1. The lowest BCUT2D eigenvalue weighted by atomic mass is 10.1. The van der Waals surface area contributed by atoms with Gasteiger partial charge in [-0.25, -0.2) is 9.97 Å². The van der Waals surface area contributed by atoms with E-state index in [2.05, 4.69) is 28.7 Å². The van der Waals surface area contributed by atoms with Gasteiger partial charge >= 0.3 is 0 Å². The number of aromatic nitrogens is 2. The lowest BCUT2D eigenvalue weighted by molar-refractivity contribution is 0.0745. The fourth-order valence-corrected chi connectivity index (χ4v) is 3.04. The van der Waals surface area contributed by atoms with Crippen LogP contribution in [0.3, 0.4) is 0 Å². The molecule has 1 fully saturated rings. The maximum atomic E-state index is 13.0. The molecule has 2 heterocycles. The van der Waals surface area contributed by atoms with Gasteiger partial charge in [0.1, 0.15) is 0 Å². The van der Waals surface area contributed by atoms with Crippen molar-refractivity contribution in [3.8, 4) is 11.5 Å². The van der Waals surface area contributed by atoms with Crippen molar-refractivity contribution in [3.05, 3.63) is 42.2 Å². The molecule has 0 saturated carbocycles. The van der Waals surface area contributed by atoms with E-state index < -0.39 is 0 Å². The second-order valence-electron chi connectivity index (χ2n) is 6.69. The second-order valence-corrected chi connectivity index (χ2v) is 6.69. The van der Waals surface area contributed by atoms with E-state index in [0.717, 1.165) is 12.8 Å². The third kappa shape index (κ3) is 4.91. The molecule has 150 valence electrons. The summed E-state index contributed by atoms with van der Waals surface area (Å²) in [4.78, 5) is 25.5. The predicted molar refractivity (Wildman–Crippen MR) is 108 cm³/mol. The molecule has 0 unspecified atom stereocenters. The normalized spacial score (nSPS) is 14.1. The van der Waals surface area contributed by atoms with Gasteiger partial charge in [-0.05, 0) is 37.1 Å². The van der Waals surface area contributed by atoms with Crippen LogP contribution in [0.5, 0.6) is 11.5 Å². The third-order valence-electron chi connectivity index (χ3n) is 4.52. The molecule has 0 bridgehead atoms. The Labute approximate surface area is 166 Å². The highest BCUT2D eigenvalue weighted by Crippen LogP contribution is 2.29. The molecule has 0 atom stereocenters. The van der Waals surface area contributed by atoms with Crippen LogP contribution in [0.15, 0.2) is 36.7 Å². The van der Waals surface area contributed by atoms with Crippen molar-refractivity contribution in [2.45, 2.75) is 26.7 Å². The molecule has 1 amide bonds. The van der Waals surface area contributed by atoms with Crippen molar-refractivity contribution in [3.63, 3.8) is 0 Å². The molecule has 1 saturated heterocycles. The SMILES string of the molecule is CCCOc1ccc(C(=O)N2CCN(c3ncccn3)CC2)cc1OCCC. The number of hydrogen-bond donors (Lipinski definition) is 0. The summed E-state index contributed by atoms with van der Waals surface area (Å²) in [6, 6.07) is 7.26. The van der Waals surface area contributed by atoms with E-state index in [1.54, 1.807) is 24.5 Å². The summed E-state index contributed by atoms with van der Waals surface area (Å²) in [5.74, 6) is 2.05. The molecule has 2 aromatic rings. The van der Waals surface area contributed by atoms with Crippen molar-refractivity contribution in [1.82, 2.24) is 14.9 Å². The van der Waals surface area contributed by atoms with Crippen LogP contribution in [0, 0.1) is 0 Å². The Kier molecular flexibility index (Phi) is 7.06. The van der Waals surface area contributed by atoms with Gasteiger partial charge in [-0.1, -0.05) is 13.8 Å². The van der Waals surface area contributed by atoms with Crippen molar-refractivity contribution in [1.29, 1.82) is 0 Å². The average Bonchev–Trinajstić information content (AvgIpc) is 2.76. The Morgan fingerprint density at radius 3 is 2.25 bits per heavy atom.